The van der Waals surface area contributed by atoms with E-state index in [1.165, 1.54) is 4.90 Å². The zero-order chi connectivity index (χ0) is 16.5. The van der Waals surface area contributed by atoms with E-state index in [0.29, 0.717) is 12.5 Å². The third-order valence-electron chi connectivity index (χ3n) is 3.17. The van der Waals surface area contributed by atoms with Gasteiger partial charge in [-0.05, 0) is 33.2 Å². The molecule has 0 aromatic carbocycles. The number of rotatable bonds is 7. The second-order valence-electron chi connectivity index (χ2n) is 5.36. The van der Waals surface area contributed by atoms with E-state index in [-0.39, 0.29) is 42.5 Å². The minimum atomic E-state index is -0.0348. The summed E-state index contributed by atoms with van der Waals surface area (Å²) in [5, 5.41) is 6.39. The fourth-order valence-electron chi connectivity index (χ4n) is 1.84. The molecule has 0 saturated heterocycles. The average molecular weight is 437 g/mol. The maximum Gasteiger partial charge on any atom is 0.243 e. The number of carbonyl (C=O) groups excluding carboxylic acids is 1. The van der Waals surface area contributed by atoms with Crippen LogP contribution in [0.25, 0.3) is 0 Å². The van der Waals surface area contributed by atoms with Crippen molar-refractivity contribution in [2.75, 3.05) is 47.8 Å². The van der Waals surface area contributed by atoms with Crippen molar-refractivity contribution in [3.05, 3.63) is 24.2 Å². The van der Waals surface area contributed by atoms with Crippen molar-refractivity contribution in [3.63, 3.8) is 0 Å². The first kappa shape index (κ1) is 21.7. The molecule has 1 unspecified atom stereocenters. The predicted octanol–water partition coefficient (Wildman–Crippen LogP) is 1.14. The molecular weight excluding hydrogens is 409 g/mol. The zero-order valence-corrected chi connectivity index (χ0v) is 16.8. The lowest BCUT2D eigenvalue weighted by molar-refractivity contribution is -0.127. The summed E-state index contributed by atoms with van der Waals surface area (Å²) in [5.41, 5.74) is 0. The van der Waals surface area contributed by atoms with Crippen LogP contribution in [0.5, 0.6) is 0 Å². The van der Waals surface area contributed by atoms with E-state index in [1.54, 1.807) is 20.4 Å². The summed E-state index contributed by atoms with van der Waals surface area (Å²) >= 11 is 0. The van der Waals surface area contributed by atoms with Crippen molar-refractivity contribution < 1.29 is 9.21 Å². The molecule has 8 heteroatoms. The molecule has 0 fully saturated rings. The molecule has 1 atom stereocenters. The van der Waals surface area contributed by atoms with E-state index in [2.05, 4.69) is 20.5 Å². The minimum absolute atomic E-state index is 0. The first-order valence-electron chi connectivity index (χ1n) is 7.37. The van der Waals surface area contributed by atoms with Crippen LogP contribution < -0.4 is 10.6 Å². The number of furan rings is 1. The lowest BCUT2D eigenvalue weighted by Gasteiger charge is -2.23. The molecule has 0 aliphatic heterocycles. The predicted molar refractivity (Wildman–Crippen MR) is 103 cm³/mol. The first-order chi connectivity index (χ1) is 10.5. The van der Waals surface area contributed by atoms with Gasteiger partial charge in [0.2, 0.25) is 5.91 Å². The van der Waals surface area contributed by atoms with Crippen LogP contribution in [-0.2, 0) is 4.79 Å². The Hall–Kier alpha value is -1.29. The van der Waals surface area contributed by atoms with E-state index < -0.39 is 0 Å². The third-order valence-corrected chi connectivity index (χ3v) is 3.17. The molecule has 0 spiro atoms. The molecular formula is C15H28IN5O2. The number of nitrogens with zero attached hydrogens (tertiary/aromatic N) is 3. The quantitative estimate of drug-likeness (QED) is 0.381. The lowest BCUT2D eigenvalue weighted by atomic mass is 10.2. The number of amides is 1. The van der Waals surface area contributed by atoms with Gasteiger partial charge in [0.25, 0.3) is 0 Å². The third kappa shape index (κ3) is 7.69. The van der Waals surface area contributed by atoms with Crippen LogP contribution >= 0.6 is 24.0 Å². The summed E-state index contributed by atoms with van der Waals surface area (Å²) in [6.07, 6.45) is 1.67. The number of hydrogen-bond donors (Lipinski definition) is 2. The summed E-state index contributed by atoms with van der Waals surface area (Å²) < 4.78 is 5.48. The van der Waals surface area contributed by atoms with Gasteiger partial charge in [0.15, 0.2) is 5.96 Å². The smallest absolute Gasteiger partial charge is 0.243 e. The van der Waals surface area contributed by atoms with Crippen LogP contribution in [-0.4, -0.2) is 69.5 Å². The van der Waals surface area contributed by atoms with Crippen molar-refractivity contribution in [3.8, 4) is 0 Å². The highest BCUT2D eigenvalue weighted by Crippen LogP contribution is 2.17. The SMILES string of the molecule is CCNC(=NCC(=O)N(C)C)NCC(c1ccco1)N(C)C.I. The molecule has 1 rings (SSSR count). The highest BCUT2D eigenvalue weighted by atomic mass is 127. The molecule has 0 aliphatic carbocycles. The van der Waals surface area contributed by atoms with E-state index in [4.69, 9.17) is 4.42 Å². The van der Waals surface area contributed by atoms with Gasteiger partial charge in [0.1, 0.15) is 12.3 Å². The molecule has 0 radical (unpaired) electrons. The molecule has 23 heavy (non-hydrogen) atoms. The van der Waals surface area contributed by atoms with Crippen molar-refractivity contribution in [1.29, 1.82) is 0 Å². The molecule has 1 heterocycles. The molecule has 1 aromatic heterocycles. The van der Waals surface area contributed by atoms with Crippen molar-refractivity contribution in [2.45, 2.75) is 13.0 Å². The highest BCUT2D eigenvalue weighted by Gasteiger charge is 2.17. The number of hydrogen-bond acceptors (Lipinski definition) is 4. The largest absolute Gasteiger partial charge is 0.468 e. The van der Waals surface area contributed by atoms with Crippen molar-refractivity contribution in [1.82, 2.24) is 20.4 Å². The number of nitrogens with one attached hydrogen (secondary N) is 2. The van der Waals surface area contributed by atoms with Crippen LogP contribution in [0.15, 0.2) is 27.8 Å². The molecule has 0 bridgehead atoms. The van der Waals surface area contributed by atoms with E-state index in [9.17, 15) is 4.79 Å². The van der Waals surface area contributed by atoms with E-state index >= 15 is 0 Å². The summed E-state index contributed by atoms with van der Waals surface area (Å²) in [6, 6.07) is 3.91. The van der Waals surface area contributed by atoms with Crippen LogP contribution in [0.2, 0.25) is 0 Å². The molecule has 1 amide bonds. The Balaban J connectivity index is 0.00000484. The van der Waals surface area contributed by atoms with Gasteiger partial charge < -0.3 is 20.0 Å². The van der Waals surface area contributed by atoms with Crippen LogP contribution in [0.1, 0.15) is 18.7 Å². The van der Waals surface area contributed by atoms with Gasteiger partial charge in [-0.15, -0.1) is 24.0 Å². The van der Waals surface area contributed by atoms with E-state index in [0.717, 1.165) is 12.3 Å². The lowest BCUT2D eigenvalue weighted by Crippen LogP contribution is -2.42. The first-order valence-corrected chi connectivity index (χ1v) is 7.37. The van der Waals surface area contributed by atoms with Gasteiger partial charge in [0.05, 0.1) is 12.3 Å². The topological polar surface area (TPSA) is 73.1 Å². The van der Waals surface area contributed by atoms with E-state index in [1.807, 2.05) is 33.2 Å². The standard InChI is InChI=1S/C15H27N5O2.HI/c1-6-16-15(18-11-14(21)20(4)5)17-10-12(19(2)3)13-8-7-9-22-13;/h7-9,12H,6,10-11H2,1-5H3,(H2,16,17,18);1H. The molecule has 0 saturated carbocycles. The van der Waals surface area contributed by atoms with Gasteiger partial charge >= 0.3 is 0 Å². The molecule has 2 N–H and O–H groups in total. The fraction of sp³-hybridized carbons (Fsp3) is 0.600. The number of guanidine groups is 1. The maximum atomic E-state index is 11.6. The molecule has 0 aliphatic rings. The number of halogens is 1. The van der Waals surface area contributed by atoms with Crippen LogP contribution in [0, 0.1) is 0 Å². The summed E-state index contributed by atoms with van der Waals surface area (Å²) in [5.74, 6) is 1.47. The van der Waals surface area contributed by atoms with Gasteiger partial charge in [-0.25, -0.2) is 4.99 Å². The maximum absolute atomic E-state index is 11.6. The minimum Gasteiger partial charge on any atom is -0.468 e. The number of carbonyl (C=O) groups is 1. The van der Waals surface area contributed by atoms with Gasteiger partial charge in [0, 0.05) is 27.2 Å². The highest BCUT2D eigenvalue weighted by molar-refractivity contribution is 14.0. The van der Waals surface area contributed by atoms with Gasteiger partial charge in [-0.1, -0.05) is 0 Å². The number of aliphatic imine (C=N–C) groups is 1. The fourth-order valence-corrected chi connectivity index (χ4v) is 1.84. The summed E-state index contributed by atoms with van der Waals surface area (Å²) in [4.78, 5) is 19.5. The average Bonchev–Trinajstić information content (AvgIpc) is 2.97. The Morgan fingerprint density at radius 2 is 2.00 bits per heavy atom. The summed E-state index contributed by atoms with van der Waals surface area (Å²) in [6.45, 7) is 3.47. The summed E-state index contributed by atoms with van der Waals surface area (Å²) in [7, 11) is 7.43. The second-order valence-corrected chi connectivity index (χ2v) is 5.36. The zero-order valence-electron chi connectivity index (χ0n) is 14.5. The van der Waals surface area contributed by atoms with Gasteiger partial charge in [-0.2, -0.15) is 0 Å². The molecule has 132 valence electrons. The van der Waals surface area contributed by atoms with Gasteiger partial charge in [-0.3, -0.25) is 9.69 Å². The molecule has 7 nitrogen and oxygen atoms in total. The Morgan fingerprint density at radius 3 is 2.48 bits per heavy atom. The van der Waals surface area contributed by atoms with Crippen LogP contribution in [0.4, 0.5) is 0 Å². The number of likely N-dealkylation sites (N-methyl/N-ethyl adjacent to an activating group) is 2. The molecule has 1 aromatic rings. The van der Waals surface area contributed by atoms with Crippen molar-refractivity contribution >= 4 is 35.8 Å². The normalized spacial score (nSPS) is 12.5. The second kappa shape index (κ2) is 11.3. The Labute approximate surface area is 155 Å². The Kier molecular flexibility index (Phi) is 10.6. The Morgan fingerprint density at radius 1 is 1.30 bits per heavy atom. The van der Waals surface area contributed by atoms with Crippen LogP contribution in [0.3, 0.4) is 0 Å². The monoisotopic (exact) mass is 437 g/mol. The van der Waals surface area contributed by atoms with Crippen molar-refractivity contribution in [2.24, 2.45) is 4.99 Å². The Bertz CT molecular complexity index is 474.